The fourth-order valence-electron chi connectivity index (χ4n) is 3.71. The molecule has 1 amide bonds. The molecule has 0 saturated carbocycles. The van der Waals surface area contributed by atoms with Crippen molar-refractivity contribution in [3.05, 3.63) is 87.4 Å². The highest BCUT2D eigenvalue weighted by Crippen LogP contribution is 2.21. The lowest BCUT2D eigenvalue weighted by atomic mass is 10.1. The van der Waals surface area contributed by atoms with E-state index in [0.717, 1.165) is 26.2 Å². The summed E-state index contributed by atoms with van der Waals surface area (Å²) in [6.45, 7) is 5.61. The molecule has 1 N–H and O–H groups in total. The van der Waals surface area contributed by atoms with Gasteiger partial charge in [0, 0.05) is 50.0 Å². The van der Waals surface area contributed by atoms with Crippen LogP contribution in [0.4, 0.5) is 15.8 Å². The molecule has 1 aliphatic heterocycles. The molecule has 10 heteroatoms. The summed E-state index contributed by atoms with van der Waals surface area (Å²) in [7, 11) is 0. The fraction of sp³-hybridized carbons (Fsp3) is 0.304. The fourth-order valence-corrected chi connectivity index (χ4v) is 3.71. The number of para-hydroxylation sites is 1. The van der Waals surface area contributed by atoms with E-state index >= 15 is 0 Å². The van der Waals surface area contributed by atoms with Gasteiger partial charge in [-0.2, -0.15) is 0 Å². The summed E-state index contributed by atoms with van der Waals surface area (Å²) in [4.78, 5) is 31.8. The van der Waals surface area contributed by atoms with E-state index < -0.39 is 11.7 Å². The molecular formula is C23H24FN5O4. The predicted octanol–water partition coefficient (Wildman–Crippen LogP) is 3.60. The van der Waals surface area contributed by atoms with Gasteiger partial charge in [-0.1, -0.05) is 24.3 Å². The molecule has 4 rings (SSSR count). The smallest absolute Gasteiger partial charge is 0.277 e. The number of anilines is 1. The van der Waals surface area contributed by atoms with Gasteiger partial charge in [0.15, 0.2) is 5.69 Å². The summed E-state index contributed by atoms with van der Waals surface area (Å²) in [5.74, 6) is -0.445. The lowest BCUT2D eigenvalue weighted by Gasteiger charge is -2.33. The van der Waals surface area contributed by atoms with Gasteiger partial charge in [-0.15, -0.1) is 0 Å². The second-order valence-corrected chi connectivity index (χ2v) is 7.98. The molecule has 1 fully saturated rings. The van der Waals surface area contributed by atoms with Crippen molar-refractivity contribution in [2.75, 3.05) is 31.5 Å². The number of oxazole rings is 1. The average molecular weight is 453 g/mol. The van der Waals surface area contributed by atoms with Crippen molar-refractivity contribution in [3.8, 4) is 0 Å². The van der Waals surface area contributed by atoms with Crippen LogP contribution < -0.4 is 5.32 Å². The number of hydrogen-bond donors (Lipinski definition) is 1. The van der Waals surface area contributed by atoms with Gasteiger partial charge in [0.1, 0.15) is 12.1 Å². The van der Waals surface area contributed by atoms with Crippen molar-refractivity contribution < 1.29 is 18.5 Å². The molecule has 2 aromatic carbocycles. The first-order chi connectivity index (χ1) is 15.9. The third-order valence-electron chi connectivity index (χ3n) is 5.62. The van der Waals surface area contributed by atoms with Crippen LogP contribution in [0, 0.1) is 22.9 Å². The number of carbonyl (C=O) groups excluding carboxylic acids is 1. The number of nitrogens with zero attached hydrogens (tertiary/aromatic N) is 4. The molecular weight excluding hydrogens is 429 g/mol. The molecule has 1 saturated heterocycles. The molecule has 0 radical (unpaired) electrons. The first-order valence-electron chi connectivity index (χ1n) is 10.6. The molecule has 1 aliphatic rings. The van der Waals surface area contributed by atoms with Gasteiger partial charge in [-0.05, 0) is 24.6 Å². The Labute approximate surface area is 190 Å². The van der Waals surface area contributed by atoms with Crippen LogP contribution >= 0.6 is 0 Å². The van der Waals surface area contributed by atoms with Crippen LogP contribution in [-0.2, 0) is 13.1 Å². The lowest BCUT2D eigenvalue weighted by molar-refractivity contribution is -0.385. The minimum atomic E-state index is -0.470. The first kappa shape index (κ1) is 22.6. The van der Waals surface area contributed by atoms with Gasteiger partial charge >= 0.3 is 0 Å². The summed E-state index contributed by atoms with van der Waals surface area (Å²) < 4.78 is 19.1. The Morgan fingerprint density at radius 1 is 1.15 bits per heavy atom. The SMILES string of the molecule is Cc1ccc(NC(=O)c2coc(CN3CCN(Cc4ccccc4[N+](=O)[O-])CC3)n2)cc1F. The molecule has 33 heavy (non-hydrogen) atoms. The summed E-state index contributed by atoms with van der Waals surface area (Å²) in [6.07, 6.45) is 1.29. The van der Waals surface area contributed by atoms with Crippen LogP contribution in [0.15, 0.2) is 53.1 Å². The Hall–Kier alpha value is -3.63. The number of nitro groups is 1. The zero-order valence-electron chi connectivity index (χ0n) is 18.2. The minimum Gasteiger partial charge on any atom is -0.447 e. The van der Waals surface area contributed by atoms with Crippen LogP contribution in [0.25, 0.3) is 0 Å². The van der Waals surface area contributed by atoms with E-state index in [1.165, 1.54) is 18.4 Å². The summed E-state index contributed by atoms with van der Waals surface area (Å²) in [6, 6.07) is 11.3. The highest BCUT2D eigenvalue weighted by Gasteiger charge is 2.22. The average Bonchev–Trinajstić information content (AvgIpc) is 3.26. The number of rotatable bonds is 7. The van der Waals surface area contributed by atoms with Crippen LogP contribution in [-0.4, -0.2) is 51.8 Å². The molecule has 0 spiro atoms. The maximum Gasteiger partial charge on any atom is 0.277 e. The van der Waals surface area contributed by atoms with Crippen LogP contribution in [0.2, 0.25) is 0 Å². The Morgan fingerprint density at radius 3 is 2.55 bits per heavy atom. The standard InChI is InChI=1S/C23H24FN5O4/c1-16-6-7-18(12-19(16)24)25-23(30)20-15-33-22(26-20)14-28-10-8-27(9-11-28)13-17-4-2-3-5-21(17)29(31)32/h2-7,12,15H,8-11,13-14H2,1H3,(H,25,30). The summed E-state index contributed by atoms with van der Waals surface area (Å²) in [5, 5.41) is 13.8. The number of nitrogens with one attached hydrogen (secondary N) is 1. The summed E-state index contributed by atoms with van der Waals surface area (Å²) >= 11 is 0. The Bertz CT molecular complexity index is 1160. The number of nitro benzene ring substituents is 1. The van der Waals surface area contributed by atoms with E-state index in [1.807, 2.05) is 6.07 Å². The highest BCUT2D eigenvalue weighted by atomic mass is 19.1. The van der Waals surface area contributed by atoms with Crippen molar-refractivity contribution in [1.82, 2.24) is 14.8 Å². The Balaban J connectivity index is 1.28. The number of piperazine rings is 1. The van der Waals surface area contributed by atoms with Gasteiger partial charge in [-0.25, -0.2) is 9.37 Å². The van der Waals surface area contributed by atoms with E-state index in [0.29, 0.717) is 35.8 Å². The van der Waals surface area contributed by atoms with Crippen molar-refractivity contribution >= 4 is 17.3 Å². The molecule has 0 atom stereocenters. The van der Waals surface area contributed by atoms with Gasteiger partial charge < -0.3 is 9.73 Å². The number of amides is 1. The van der Waals surface area contributed by atoms with E-state index in [4.69, 9.17) is 4.42 Å². The highest BCUT2D eigenvalue weighted by molar-refractivity contribution is 6.02. The third kappa shape index (κ3) is 5.60. The molecule has 9 nitrogen and oxygen atoms in total. The van der Waals surface area contributed by atoms with Crippen LogP contribution in [0.5, 0.6) is 0 Å². The maximum atomic E-state index is 13.7. The predicted molar refractivity (Wildman–Crippen MR) is 119 cm³/mol. The monoisotopic (exact) mass is 453 g/mol. The Morgan fingerprint density at radius 2 is 1.85 bits per heavy atom. The molecule has 172 valence electrons. The van der Waals surface area contributed by atoms with Crippen molar-refractivity contribution in [2.24, 2.45) is 0 Å². The quantitative estimate of drug-likeness (QED) is 0.430. The molecule has 1 aromatic heterocycles. The first-order valence-corrected chi connectivity index (χ1v) is 10.6. The normalized spacial score (nSPS) is 14.8. The van der Waals surface area contributed by atoms with Gasteiger partial charge in [0.25, 0.3) is 11.6 Å². The number of hydrogen-bond acceptors (Lipinski definition) is 7. The third-order valence-corrected chi connectivity index (χ3v) is 5.62. The molecule has 0 unspecified atom stereocenters. The second kappa shape index (κ2) is 9.88. The zero-order valence-corrected chi connectivity index (χ0v) is 18.2. The second-order valence-electron chi connectivity index (χ2n) is 7.98. The number of carbonyl (C=O) groups is 1. The maximum absolute atomic E-state index is 13.7. The van der Waals surface area contributed by atoms with Crippen molar-refractivity contribution in [3.63, 3.8) is 0 Å². The molecule has 2 heterocycles. The van der Waals surface area contributed by atoms with Crippen LogP contribution in [0.1, 0.15) is 27.5 Å². The van der Waals surface area contributed by atoms with Crippen molar-refractivity contribution in [1.29, 1.82) is 0 Å². The Kier molecular flexibility index (Phi) is 6.76. The largest absolute Gasteiger partial charge is 0.447 e. The van der Waals surface area contributed by atoms with Crippen molar-refractivity contribution in [2.45, 2.75) is 20.0 Å². The number of aromatic nitrogens is 1. The van der Waals surface area contributed by atoms with E-state index in [2.05, 4.69) is 20.1 Å². The van der Waals surface area contributed by atoms with E-state index in [1.54, 1.807) is 31.2 Å². The molecule has 0 bridgehead atoms. The number of aryl methyl sites for hydroxylation is 1. The summed E-state index contributed by atoms with van der Waals surface area (Å²) in [5.41, 5.74) is 1.81. The van der Waals surface area contributed by atoms with Gasteiger partial charge in [0.2, 0.25) is 5.89 Å². The topological polar surface area (TPSA) is 105 Å². The molecule has 0 aliphatic carbocycles. The van der Waals surface area contributed by atoms with E-state index in [9.17, 15) is 19.3 Å². The lowest BCUT2D eigenvalue weighted by Crippen LogP contribution is -2.45. The van der Waals surface area contributed by atoms with Gasteiger partial charge in [0.05, 0.1) is 11.5 Å². The number of halogens is 1. The van der Waals surface area contributed by atoms with Crippen LogP contribution in [0.3, 0.4) is 0 Å². The number of benzene rings is 2. The van der Waals surface area contributed by atoms with E-state index in [-0.39, 0.29) is 16.3 Å². The minimum absolute atomic E-state index is 0.126. The van der Waals surface area contributed by atoms with Gasteiger partial charge in [-0.3, -0.25) is 24.7 Å². The molecule has 3 aromatic rings. The zero-order chi connectivity index (χ0) is 23.4.